The SMILES string of the molecule is Cc1[nH]c2ccccc2c1CCCCc1ccc(/C=C/C(=O)ON)cc1.O=C(/C=C/c1ccc(CN(CCO)CCC2=c3ccccc3=NC2)cc1)NO. The van der Waals surface area contributed by atoms with Gasteiger partial charge in [0.15, 0.2) is 0 Å². The Bertz CT molecular complexity index is 2170. The summed E-state index contributed by atoms with van der Waals surface area (Å²) in [7, 11) is 0. The minimum absolute atomic E-state index is 0.118. The summed E-state index contributed by atoms with van der Waals surface area (Å²) >= 11 is 0. The molecule has 4 aromatic carbocycles. The molecule has 54 heavy (non-hydrogen) atoms. The number of aromatic amines is 1. The minimum atomic E-state index is -0.559. The number of unbranched alkanes of at least 4 members (excludes halogenated alkanes) is 1. The summed E-state index contributed by atoms with van der Waals surface area (Å²) in [6.45, 7) is 5.25. The molecule has 0 bridgehead atoms. The number of nitrogens with zero attached hydrogens (tertiary/aromatic N) is 2. The van der Waals surface area contributed by atoms with E-state index in [0.29, 0.717) is 6.54 Å². The molecule has 0 radical (unpaired) electrons. The summed E-state index contributed by atoms with van der Waals surface area (Å²) in [5.41, 5.74) is 11.1. The molecule has 1 aliphatic heterocycles. The molecule has 1 aromatic heterocycles. The zero-order valence-electron chi connectivity index (χ0n) is 30.7. The second-order valence-electron chi connectivity index (χ2n) is 13.2. The Morgan fingerprint density at radius 2 is 1.52 bits per heavy atom. The van der Waals surface area contributed by atoms with Gasteiger partial charge in [-0.2, -0.15) is 5.90 Å². The number of benzene rings is 4. The molecule has 0 unspecified atom stereocenters. The van der Waals surface area contributed by atoms with Crippen LogP contribution >= 0.6 is 0 Å². The number of rotatable bonds is 16. The standard InChI is InChI=1S/C22H25N3O3.C22H24N2O2/c26-14-13-25(12-11-19-15-23-21-4-2-1-3-20(19)21)16-18-7-5-17(6-8-18)9-10-22(27)24-28;1-16-19(20-8-4-5-9-21(20)24-16)7-3-2-6-17-10-12-18(13-11-17)14-15-22(25)26-23/h1-10,26,28H,11-16H2,(H,24,27);4-5,8-15,24H,2-3,6-7,23H2,1H3/b10-9+;15-14+. The Balaban J connectivity index is 0.000000208. The van der Waals surface area contributed by atoms with Crippen LogP contribution in [0.3, 0.4) is 0 Å². The maximum Gasteiger partial charge on any atom is 0.349 e. The Hall–Kier alpha value is -5.65. The van der Waals surface area contributed by atoms with Gasteiger partial charge in [0.25, 0.3) is 5.91 Å². The molecule has 2 heterocycles. The quantitative estimate of drug-likeness (QED) is 0.0398. The predicted octanol–water partition coefficient (Wildman–Crippen LogP) is 5.35. The van der Waals surface area contributed by atoms with E-state index >= 15 is 0 Å². The van der Waals surface area contributed by atoms with E-state index in [1.807, 2.05) is 54.6 Å². The van der Waals surface area contributed by atoms with Crippen molar-refractivity contribution >= 4 is 40.5 Å². The van der Waals surface area contributed by atoms with Crippen molar-refractivity contribution in [2.24, 2.45) is 10.9 Å². The predicted molar refractivity (Wildman–Crippen MR) is 213 cm³/mol. The fourth-order valence-corrected chi connectivity index (χ4v) is 6.58. The molecule has 0 saturated carbocycles. The van der Waals surface area contributed by atoms with Crippen molar-refractivity contribution < 1.29 is 24.7 Å². The van der Waals surface area contributed by atoms with E-state index in [0.717, 1.165) is 73.8 Å². The summed E-state index contributed by atoms with van der Waals surface area (Å²) < 4.78 is 0. The van der Waals surface area contributed by atoms with Gasteiger partial charge in [0.1, 0.15) is 0 Å². The number of hydrogen-bond acceptors (Lipinski definition) is 8. The summed E-state index contributed by atoms with van der Waals surface area (Å²) in [4.78, 5) is 36.4. The molecular formula is C44H49N5O5. The third-order valence-corrected chi connectivity index (χ3v) is 9.47. The molecule has 6 N–H and O–H groups in total. The fourth-order valence-electron chi connectivity index (χ4n) is 6.58. The number of carbonyl (C=O) groups is 2. The van der Waals surface area contributed by atoms with Crippen LogP contribution in [0.15, 0.2) is 114 Å². The van der Waals surface area contributed by atoms with Crippen LogP contribution in [-0.2, 0) is 33.8 Å². The van der Waals surface area contributed by atoms with Gasteiger partial charge in [-0.05, 0) is 96.7 Å². The number of aliphatic hydroxyl groups is 1. The number of nitrogens with one attached hydrogen (secondary N) is 2. The van der Waals surface area contributed by atoms with E-state index in [4.69, 9.17) is 11.1 Å². The van der Waals surface area contributed by atoms with E-state index in [2.05, 4.69) is 69.1 Å². The van der Waals surface area contributed by atoms with Crippen molar-refractivity contribution in [1.29, 1.82) is 0 Å². The van der Waals surface area contributed by atoms with Crippen LogP contribution in [0.4, 0.5) is 0 Å². The monoisotopic (exact) mass is 727 g/mol. The Labute approximate surface area is 315 Å². The van der Waals surface area contributed by atoms with Crippen molar-refractivity contribution in [3.63, 3.8) is 0 Å². The van der Waals surface area contributed by atoms with Gasteiger partial charge >= 0.3 is 5.97 Å². The van der Waals surface area contributed by atoms with Crippen molar-refractivity contribution in [2.75, 3.05) is 26.2 Å². The third-order valence-electron chi connectivity index (χ3n) is 9.47. The number of nitrogens with two attached hydrogens (primary N) is 1. The number of hydroxylamine groups is 1. The van der Waals surface area contributed by atoms with Crippen LogP contribution in [0.1, 0.15) is 52.8 Å². The molecule has 280 valence electrons. The molecule has 6 rings (SSSR count). The molecule has 0 atom stereocenters. The first kappa shape index (κ1) is 39.6. The highest BCUT2D eigenvalue weighted by Crippen LogP contribution is 2.24. The highest BCUT2D eigenvalue weighted by molar-refractivity contribution is 5.90. The highest BCUT2D eigenvalue weighted by atomic mass is 16.7. The van der Waals surface area contributed by atoms with Gasteiger partial charge in [0.2, 0.25) is 0 Å². The number of carbonyl (C=O) groups excluding carboxylic acids is 2. The van der Waals surface area contributed by atoms with Crippen LogP contribution < -0.4 is 22.0 Å². The fraction of sp³-hybridized carbons (Fsp3) is 0.250. The molecule has 5 aromatic rings. The Morgan fingerprint density at radius 3 is 2.24 bits per heavy atom. The lowest BCUT2D eigenvalue weighted by atomic mass is 10.0. The van der Waals surface area contributed by atoms with Gasteiger partial charge in [-0.15, -0.1) is 0 Å². The molecule has 10 heteroatoms. The van der Waals surface area contributed by atoms with E-state index in [9.17, 15) is 14.7 Å². The van der Waals surface area contributed by atoms with E-state index in [-0.39, 0.29) is 6.61 Å². The lowest BCUT2D eigenvalue weighted by Gasteiger charge is -2.21. The van der Waals surface area contributed by atoms with Gasteiger partial charge in [-0.1, -0.05) is 84.9 Å². The van der Waals surface area contributed by atoms with Crippen LogP contribution in [0.2, 0.25) is 0 Å². The topological polar surface area (TPSA) is 153 Å². The van der Waals surface area contributed by atoms with E-state index < -0.39 is 11.9 Å². The maximum atomic E-state index is 11.0. The summed E-state index contributed by atoms with van der Waals surface area (Å²) in [6.07, 6.45) is 11.3. The number of aryl methyl sites for hydroxylation is 3. The molecular weight excluding hydrogens is 679 g/mol. The number of hydrogen-bond donors (Lipinski definition) is 5. The average molecular weight is 728 g/mol. The van der Waals surface area contributed by atoms with E-state index in [1.54, 1.807) is 17.6 Å². The molecule has 10 nitrogen and oxygen atoms in total. The molecule has 1 aliphatic rings. The van der Waals surface area contributed by atoms with Gasteiger partial charge < -0.3 is 14.9 Å². The van der Waals surface area contributed by atoms with Crippen molar-refractivity contribution in [3.8, 4) is 0 Å². The van der Waals surface area contributed by atoms with Crippen LogP contribution in [-0.4, -0.2) is 58.3 Å². The Morgan fingerprint density at radius 1 is 0.852 bits per heavy atom. The molecule has 0 fully saturated rings. The lowest BCUT2D eigenvalue weighted by molar-refractivity contribution is -0.138. The summed E-state index contributed by atoms with van der Waals surface area (Å²) in [5.74, 6) is 3.69. The van der Waals surface area contributed by atoms with Gasteiger partial charge in [0, 0.05) is 53.6 Å². The largest absolute Gasteiger partial charge is 0.395 e. The normalized spacial score (nSPS) is 12.2. The van der Waals surface area contributed by atoms with Gasteiger partial charge in [-0.25, -0.2) is 10.3 Å². The smallest absolute Gasteiger partial charge is 0.349 e. The average Bonchev–Trinajstić information content (AvgIpc) is 3.77. The molecule has 0 spiro atoms. The number of para-hydroxylation sites is 2. The minimum Gasteiger partial charge on any atom is -0.395 e. The molecule has 0 saturated heterocycles. The highest BCUT2D eigenvalue weighted by Gasteiger charge is 2.11. The van der Waals surface area contributed by atoms with Crippen molar-refractivity contribution in [1.82, 2.24) is 15.4 Å². The second kappa shape index (κ2) is 20.6. The second-order valence-corrected chi connectivity index (χ2v) is 13.2. The van der Waals surface area contributed by atoms with Crippen molar-refractivity contribution in [3.05, 3.63) is 153 Å². The number of H-pyrrole nitrogens is 1. The van der Waals surface area contributed by atoms with Crippen molar-refractivity contribution in [2.45, 2.75) is 45.6 Å². The number of aliphatic hydroxyl groups excluding tert-OH is 1. The first-order valence-corrected chi connectivity index (χ1v) is 18.3. The Kier molecular flexibility index (Phi) is 15.1. The first-order chi connectivity index (χ1) is 26.4. The lowest BCUT2D eigenvalue weighted by Crippen LogP contribution is -2.29. The van der Waals surface area contributed by atoms with Crippen LogP contribution in [0, 0.1) is 6.92 Å². The number of aromatic nitrogens is 1. The number of fused-ring (bicyclic) bond motifs is 2. The van der Waals surface area contributed by atoms with Gasteiger partial charge in [0.05, 0.1) is 18.5 Å². The van der Waals surface area contributed by atoms with E-state index in [1.165, 1.54) is 50.7 Å². The zero-order chi connectivity index (χ0) is 38.1. The summed E-state index contributed by atoms with van der Waals surface area (Å²) in [5, 5.41) is 21.6. The maximum absolute atomic E-state index is 11.0. The van der Waals surface area contributed by atoms with Crippen LogP contribution in [0.5, 0.6) is 0 Å². The van der Waals surface area contributed by atoms with Gasteiger partial charge in [-0.3, -0.25) is 19.9 Å². The molecule has 1 amide bonds. The first-order valence-electron chi connectivity index (χ1n) is 18.3. The number of amides is 1. The summed E-state index contributed by atoms with van der Waals surface area (Å²) in [6, 6.07) is 32.8. The zero-order valence-corrected chi connectivity index (χ0v) is 30.7. The molecule has 0 aliphatic carbocycles. The third kappa shape index (κ3) is 11.7. The van der Waals surface area contributed by atoms with Crippen LogP contribution in [0.25, 0.3) is 28.6 Å².